The summed E-state index contributed by atoms with van der Waals surface area (Å²) >= 11 is 0. The van der Waals surface area contributed by atoms with E-state index in [1.807, 2.05) is 0 Å². The highest BCUT2D eigenvalue weighted by molar-refractivity contribution is 5.93. The zero-order chi connectivity index (χ0) is 17.6. The molecule has 0 bridgehead atoms. The average Bonchev–Trinajstić information content (AvgIpc) is 3.20. The van der Waals surface area contributed by atoms with E-state index < -0.39 is 0 Å². The molecule has 0 saturated heterocycles. The molecule has 1 atom stereocenters. The van der Waals surface area contributed by atoms with Crippen molar-refractivity contribution in [3.05, 3.63) is 23.9 Å². The Balaban J connectivity index is 1.75. The number of hydrogen-bond acceptors (Lipinski definition) is 6. The molecule has 0 radical (unpaired) electrons. The molecule has 2 aromatic heterocycles. The van der Waals surface area contributed by atoms with Crippen molar-refractivity contribution in [1.82, 2.24) is 30.6 Å². The van der Waals surface area contributed by atoms with Crippen LogP contribution >= 0.6 is 0 Å². The third-order valence-electron chi connectivity index (χ3n) is 4.21. The van der Waals surface area contributed by atoms with Gasteiger partial charge in [-0.05, 0) is 38.0 Å². The molecule has 2 aromatic rings. The van der Waals surface area contributed by atoms with Crippen molar-refractivity contribution in [2.24, 2.45) is 5.92 Å². The molecule has 25 heavy (non-hydrogen) atoms. The zero-order valence-corrected chi connectivity index (χ0v) is 14.7. The van der Waals surface area contributed by atoms with Crippen LogP contribution in [-0.2, 0) is 4.79 Å². The van der Waals surface area contributed by atoms with Gasteiger partial charge in [0.1, 0.15) is 12.4 Å². The Morgan fingerprint density at radius 3 is 3.00 bits per heavy atom. The monoisotopic (exact) mass is 344 g/mol. The molecule has 0 aromatic carbocycles. The molecular formula is C17H24N6O2. The number of carbonyl (C=O) groups is 1. The fraction of sp³-hybridized carbons (Fsp3) is 0.588. The van der Waals surface area contributed by atoms with E-state index in [4.69, 9.17) is 4.52 Å². The number of carbonyl (C=O) groups excluding carboxylic acids is 1. The first-order valence-corrected chi connectivity index (χ1v) is 8.82. The summed E-state index contributed by atoms with van der Waals surface area (Å²) in [6.45, 7) is 4.19. The third-order valence-corrected chi connectivity index (χ3v) is 4.21. The topological polar surface area (TPSA) is 110 Å². The summed E-state index contributed by atoms with van der Waals surface area (Å²) in [5.41, 5.74) is 0.862. The molecule has 0 saturated carbocycles. The van der Waals surface area contributed by atoms with Gasteiger partial charge in [-0.15, -0.1) is 0 Å². The maximum absolute atomic E-state index is 12.7. The van der Waals surface area contributed by atoms with Gasteiger partial charge in [0.05, 0.1) is 0 Å². The number of rotatable bonds is 6. The molecule has 0 fully saturated rings. The smallest absolute Gasteiger partial charge is 0.249 e. The molecule has 1 aliphatic carbocycles. The Hall–Kier alpha value is -2.51. The molecule has 3 rings (SSSR count). The highest BCUT2D eigenvalue weighted by Gasteiger charge is 2.25. The number of H-pyrrole nitrogens is 1. The lowest BCUT2D eigenvalue weighted by atomic mass is 10.0. The zero-order valence-electron chi connectivity index (χ0n) is 14.7. The van der Waals surface area contributed by atoms with Gasteiger partial charge < -0.3 is 9.84 Å². The van der Waals surface area contributed by atoms with Gasteiger partial charge in [-0.3, -0.25) is 9.89 Å². The molecule has 0 spiro atoms. The van der Waals surface area contributed by atoms with E-state index in [0.717, 1.165) is 37.7 Å². The van der Waals surface area contributed by atoms with Crippen LogP contribution in [0.4, 0.5) is 0 Å². The van der Waals surface area contributed by atoms with Crippen LogP contribution in [-0.4, -0.2) is 31.2 Å². The van der Waals surface area contributed by atoms with E-state index in [0.29, 0.717) is 23.5 Å². The fourth-order valence-electron chi connectivity index (χ4n) is 2.95. The van der Waals surface area contributed by atoms with Crippen molar-refractivity contribution in [3.63, 3.8) is 0 Å². The van der Waals surface area contributed by atoms with Crippen LogP contribution < -0.4 is 5.32 Å². The Kier molecular flexibility index (Phi) is 5.57. The second kappa shape index (κ2) is 8.04. The number of amides is 1. The summed E-state index contributed by atoms with van der Waals surface area (Å²) in [6.07, 6.45) is 9.34. The maximum atomic E-state index is 12.7. The summed E-state index contributed by atoms with van der Waals surface area (Å²) < 4.78 is 5.38. The van der Waals surface area contributed by atoms with Crippen molar-refractivity contribution in [2.75, 3.05) is 0 Å². The van der Waals surface area contributed by atoms with Gasteiger partial charge >= 0.3 is 0 Å². The molecule has 8 heteroatoms. The van der Waals surface area contributed by atoms with Crippen LogP contribution in [0.15, 0.2) is 22.5 Å². The van der Waals surface area contributed by atoms with Gasteiger partial charge in [-0.25, -0.2) is 4.98 Å². The van der Waals surface area contributed by atoms with Crippen molar-refractivity contribution < 1.29 is 9.32 Å². The second-order valence-corrected chi connectivity index (χ2v) is 6.77. The standard InChI is InChI=1S/C17H24N6O2/c1-11(2)9-13(20-16(24)12-7-5-3-4-6-8-12)17-21-15(23-25-17)14-18-10-19-22-14/h7,10-11,13H,3-6,8-9H2,1-2H3,(H,20,24)(H,18,19,22)/t13-/m1/s1. The molecule has 1 aliphatic rings. The number of nitrogens with zero attached hydrogens (tertiary/aromatic N) is 4. The number of nitrogens with one attached hydrogen (secondary N) is 2. The molecule has 2 heterocycles. The molecular weight excluding hydrogens is 320 g/mol. The summed E-state index contributed by atoms with van der Waals surface area (Å²) in [5, 5.41) is 13.5. The summed E-state index contributed by atoms with van der Waals surface area (Å²) in [4.78, 5) is 21.0. The van der Waals surface area contributed by atoms with Crippen LogP contribution in [0.1, 0.15) is 64.3 Å². The Bertz CT molecular complexity index is 719. The van der Waals surface area contributed by atoms with Crippen LogP contribution in [0.5, 0.6) is 0 Å². The summed E-state index contributed by atoms with van der Waals surface area (Å²) in [7, 11) is 0. The van der Waals surface area contributed by atoms with Crippen molar-refractivity contribution in [1.29, 1.82) is 0 Å². The highest BCUT2D eigenvalue weighted by atomic mass is 16.5. The second-order valence-electron chi connectivity index (χ2n) is 6.77. The van der Waals surface area contributed by atoms with Gasteiger partial charge in [-0.2, -0.15) is 10.1 Å². The van der Waals surface area contributed by atoms with Crippen LogP contribution in [0, 0.1) is 5.92 Å². The minimum atomic E-state index is -0.319. The molecule has 134 valence electrons. The normalized spacial score (nSPS) is 16.4. The lowest BCUT2D eigenvalue weighted by molar-refractivity contribution is -0.118. The lowest BCUT2D eigenvalue weighted by Gasteiger charge is -2.18. The molecule has 0 aliphatic heterocycles. The predicted octanol–water partition coefficient (Wildman–Crippen LogP) is 2.95. The molecule has 2 N–H and O–H groups in total. The number of allylic oxidation sites excluding steroid dienone is 1. The number of hydrogen-bond donors (Lipinski definition) is 2. The van der Waals surface area contributed by atoms with Crippen LogP contribution in [0.25, 0.3) is 11.6 Å². The first-order chi connectivity index (χ1) is 12.1. The lowest BCUT2D eigenvalue weighted by Crippen LogP contribution is -2.31. The van der Waals surface area contributed by atoms with Crippen molar-refractivity contribution >= 4 is 5.91 Å². The largest absolute Gasteiger partial charge is 0.341 e. The SMILES string of the molecule is CC(C)C[C@@H](NC(=O)C1=CCCCCC1)c1nc(-c2ncn[nH]2)no1. The maximum Gasteiger partial charge on any atom is 0.249 e. The Morgan fingerprint density at radius 1 is 1.36 bits per heavy atom. The fourth-order valence-corrected chi connectivity index (χ4v) is 2.95. The first-order valence-electron chi connectivity index (χ1n) is 8.82. The molecule has 1 amide bonds. The van der Waals surface area contributed by atoms with E-state index in [9.17, 15) is 4.79 Å². The summed E-state index contributed by atoms with van der Waals surface area (Å²) in [6, 6.07) is -0.319. The first kappa shape index (κ1) is 17.3. The van der Waals surface area contributed by atoms with Crippen LogP contribution in [0.3, 0.4) is 0 Å². The molecule has 0 unspecified atom stereocenters. The third kappa shape index (κ3) is 4.52. The van der Waals surface area contributed by atoms with Gasteiger partial charge in [-0.1, -0.05) is 31.5 Å². The van der Waals surface area contributed by atoms with E-state index in [2.05, 4.69) is 50.6 Å². The quantitative estimate of drug-likeness (QED) is 0.833. The summed E-state index contributed by atoms with van der Waals surface area (Å²) in [5.74, 6) is 1.50. The van der Waals surface area contributed by atoms with Crippen molar-refractivity contribution in [3.8, 4) is 11.6 Å². The number of aromatic amines is 1. The van der Waals surface area contributed by atoms with E-state index in [1.54, 1.807) is 0 Å². The van der Waals surface area contributed by atoms with E-state index in [-0.39, 0.29) is 11.9 Å². The van der Waals surface area contributed by atoms with Gasteiger partial charge in [0.15, 0.2) is 5.82 Å². The minimum Gasteiger partial charge on any atom is -0.341 e. The van der Waals surface area contributed by atoms with Gasteiger partial charge in [0.25, 0.3) is 0 Å². The minimum absolute atomic E-state index is 0.0352. The average molecular weight is 344 g/mol. The van der Waals surface area contributed by atoms with Gasteiger partial charge in [0, 0.05) is 5.57 Å². The van der Waals surface area contributed by atoms with E-state index >= 15 is 0 Å². The van der Waals surface area contributed by atoms with Gasteiger partial charge in [0.2, 0.25) is 17.6 Å². The Morgan fingerprint density at radius 2 is 2.24 bits per heavy atom. The van der Waals surface area contributed by atoms with E-state index in [1.165, 1.54) is 12.7 Å². The predicted molar refractivity (Wildman–Crippen MR) is 91.2 cm³/mol. The number of aromatic nitrogens is 5. The van der Waals surface area contributed by atoms with Crippen molar-refractivity contribution in [2.45, 2.75) is 58.4 Å². The Labute approximate surface area is 146 Å². The highest BCUT2D eigenvalue weighted by Crippen LogP contribution is 2.24. The molecule has 8 nitrogen and oxygen atoms in total. The van der Waals surface area contributed by atoms with Crippen LogP contribution in [0.2, 0.25) is 0 Å².